The molecule has 12 rings (SSSR count). The molecular weight excluding hydrogens is 727 g/mol. The lowest BCUT2D eigenvalue weighted by molar-refractivity contribution is 0.660. The third kappa shape index (κ3) is 4.82. The van der Waals surface area contributed by atoms with E-state index in [1.54, 1.807) is 0 Å². The van der Waals surface area contributed by atoms with E-state index >= 15 is 0 Å². The summed E-state index contributed by atoms with van der Waals surface area (Å²) in [6.45, 7) is 4.72. The number of benzene rings is 9. The van der Waals surface area contributed by atoms with E-state index in [4.69, 9.17) is 4.42 Å². The van der Waals surface area contributed by atoms with Crippen LogP contribution >= 0.6 is 0 Å². The van der Waals surface area contributed by atoms with Gasteiger partial charge in [-0.1, -0.05) is 178 Å². The fourth-order valence-electron chi connectivity index (χ4n) is 10.7. The van der Waals surface area contributed by atoms with Crippen LogP contribution in [-0.2, 0) is 10.8 Å². The van der Waals surface area contributed by atoms with Crippen LogP contribution in [0.2, 0.25) is 0 Å². The van der Waals surface area contributed by atoms with Gasteiger partial charge in [0.2, 0.25) is 0 Å². The van der Waals surface area contributed by atoms with Crippen LogP contribution < -0.4 is 4.90 Å². The van der Waals surface area contributed by atoms with Crippen molar-refractivity contribution in [2.75, 3.05) is 4.90 Å². The number of anilines is 3. The summed E-state index contributed by atoms with van der Waals surface area (Å²) in [4.78, 5) is 2.45. The van der Waals surface area contributed by atoms with E-state index < -0.39 is 5.41 Å². The minimum atomic E-state index is -0.663. The van der Waals surface area contributed by atoms with Crippen LogP contribution in [-0.4, -0.2) is 0 Å². The van der Waals surface area contributed by atoms with Gasteiger partial charge in [0.05, 0.1) is 5.41 Å². The maximum Gasteiger partial charge on any atom is 0.136 e. The second kappa shape index (κ2) is 13.0. The van der Waals surface area contributed by atoms with Gasteiger partial charge in [0.25, 0.3) is 0 Å². The van der Waals surface area contributed by atoms with Crippen molar-refractivity contribution in [3.8, 4) is 33.4 Å². The molecule has 284 valence electrons. The molecule has 0 fully saturated rings. The quantitative estimate of drug-likeness (QED) is 0.168. The molecule has 2 aliphatic rings. The Morgan fingerprint density at radius 2 is 0.933 bits per heavy atom. The largest absolute Gasteiger partial charge is 0.456 e. The van der Waals surface area contributed by atoms with E-state index in [1.807, 2.05) is 0 Å². The highest BCUT2D eigenvalue weighted by molar-refractivity contribution is 6.18. The number of fused-ring (bicyclic) bond motifs is 9. The molecule has 0 saturated heterocycles. The summed E-state index contributed by atoms with van der Waals surface area (Å²) in [7, 11) is 0. The Kier molecular flexibility index (Phi) is 7.52. The highest BCUT2D eigenvalue weighted by Gasteiger charge is 2.48. The van der Waals surface area contributed by atoms with Gasteiger partial charge in [-0.3, -0.25) is 0 Å². The first-order chi connectivity index (χ1) is 29.5. The first kappa shape index (κ1) is 34.6. The average molecular weight is 768 g/mol. The summed E-state index contributed by atoms with van der Waals surface area (Å²) in [5, 5.41) is 2.27. The molecule has 2 nitrogen and oxygen atoms in total. The van der Waals surface area contributed by atoms with E-state index in [0.717, 1.165) is 39.0 Å². The maximum absolute atomic E-state index is 6.85. The molecule has 0 atom stereocenters. The summed E-state index contributed by atoms with van der Waals surface area (Å²) in [5.41, 5.74) is 19.5. The first-order valence-corrected chi connectivity index (χ1v) is 20.9. The second-order valence-electron chi connectivity index (χ2n) is 16.8. The number of furan rings is 1. The van der Waals surface area contributed by atoms with E-state index in [1.165, 1.54) is 66.8 Å². The molecule has 0 N–H and O–H groups in total. The first-order valence-electron chi connectivity index (χ1n) is 20.9. The van der Waals surface area contributed by atoms with Crippen LogP contribution in [0, 0.1) is 0 Å². The zero-order valence-corrected chi connectivity index (χ0v) is 33.6. The Balaban J connectivity index is 1.19. The fraction of sp³-hybridized carbons (Fsp3) is 0.0690. The van der Waals surface area contributed by atoms with Crippen molar-refractivity contribution in [1.82, 2.24) is 0 Å². The van der Waals surface area contributed by atoms with E-state index in [9.17, 15) is 0 Å². The van der Waals surface area contributed by atoms with Crippen LogP contribution in [0.4, 0.5) is 17.1 Å². The molecule has 9 aromatic carbocycles. The molecule has 0 radical (unpaired) electrons. The summed E-state index contributed by atoms with van der Waals surface area (Å²) in [5.74, 6) is 0. The third-order valence-corrected chi connectivity index (χ3v) is 13.3. The average Bonchev–Trinajstić information content (AvgIpc) is 3.90. The predicted octanol–water partition coefficient (Wildman–Crippen LogP) is 15.4. The van der Waals surface area contributed by atoms with Gasteiger partial charge in [0.15, 0.2) is 0 Å². The number of rotatable bonds is 6. The molecule has 1 aromatic heterocycles. The lowest BCUT2D eigenvalue weighted by Gasteiger charge is -2.35. The maximum atomic E-state index is 6.85. The second-order valence-corrected chi connectivity index (χ2v) is 16.8. The molecule has 1 heterocycles. The Morgan fingerprint density at radius 3 is 1.63 bits per heavy atom. The van der Waals surface area contributed by atoms with Crippen molar-refractivity contribution in [1.29, 1.82) is 0 Å². The molecule has 60 heavy (non-hydrogen) atoms. The topological polar surface area (TPSA) is 16.4 Å². The standard InChI is InChI=1S/C58H41NO/c1-57(2)48-29-17-15-27-44(48)45-33-31-42(35-49(45)57)59(41-25-13-6-14-26-41)43-32-34-46-50(36-43)58(39-21-9-4-10-22-39,40-23-11-5-12-24-40)51-37-53-56(47-28-16-18-30-52(47)60-53)54(55(46)51)38-19-7-3-8-20-38/h3-37H,1-2H3. The third-order valence-electron chi connectivity index (χ3n) is 13.3. The number of hydrogen-bond donors (Lipinski definition) is 0. The Bertz CT molecular complexity index is 3230. The van der Waals surface area contributed by atoms with Crippen LogP contribution in [0.5, 0.6) is 0 Å². The highest BCUT2D eigenvalue weighted by atomic mass is 16.3. The smallest absolute Gasteiger partial charge is 0.136 e. The van der Waals surface area contributed by atoms with Crippen LogP contribution in [0.15, 0.2) is 217 Å². The van der Waals surface area contributed by atoms with Gasteiger partial charge in [-0.2, -0.15) is 0 Å². The SMILES string of the molecule is CC1(C)c2ccccc2-c2ccc(N(c3ccccc3)c3ccc4c(c3)C(c3ccccc3)(c3ccccc3)c3cc5oc6ccccc6c5c(-c5ccccc5)c3-4)cc21. The predicted molar refractivity (Wildman–Crippen MR) is 249 cm³/mol. The van der Waals surface area contributed by atoms with Crippen molar-refractivity contribution in [3.63, 3.8) is 0 Å². The lowest BCUT2D eigenvalue weighted by Crippen LogP contribution is -2.28. The van der Waals surface area contributed by atoms with Crippen molar-refractivity contribution in [2.24, 2.45) is 0 Å². The zero-order valence-electron chi connectivity index (χ0n) is 33.6. The van der Waals surface area contributed by atoms with Crippen LogP contribution in [0.1, 0.15) is 47.2 Å². The van der Waals surface area contributed by atoms with Gasteiger partial charge in [-0.25, -0.2) is 0 Å². The van der Waals surface area contributed by atoms with Gasteiger partial charge in [-0.15, -0.1) is 0 Å². The van der Waals surface area contributed by atoms with Crippen molar-refractivity contribution >= 4 is 39.0 Å². The number of hydrogen-bond acceptors (Lipinski definition) is 2. The van der Waals surface area contributed by atoms with Gasteiger partial charge >= 0.3 is 0 Å². The molecular formula is C58H41NO. The van der Waals surface area contributed by atoms with E-state index in [-0.39, 0.29) is 5.41 Å². The van der Waals surface area contributed by atoms with Crippen molar-refractivity contribution < 1.29 is 4.42 Å². The Morgan fingerprint density at radius 1 is 0.383 bits per heavy atom. The summed E-state index contributed by atoms with van der Waals surface area (Å²) < 4.78 is 6.85. The van der Waals surface area contributed by atoms with Crippen molar-refractivity contribution in [2.45, 2.75) is 24.7 Å². The molecule has 0 amide bonds. The highest BCUT2D eigenvalue weighted by Crippen LogP contribution is 2.61. The molecule has 2 heteroatoms. The Hall–Kier alpha value is -7.42. The zero-order chi connectivity index (χ0) is 40.0. The molecule has 2 aliphatic carbocycles. The molecule has 0 unspecified atom stereocenters. The fourth-order valence-corrected chi connectivity index (χ4v) is 10.7. The number of nitrogens with zero attached hydrogens (tertiary/aromatic N) is 1. The monoisotopic (exact) mass is 767 g/mol. The summed E-state index contributed by atoms with van der Waals surface area (Å²) >= 11 is 0. The summed E-state index contributed by atoms with van der Waals surface area (Å²) in [6, 6.07) is 77.9. The lowest BCUT2D eigenvalue weighted by atomic mass is 9.67. The molecule has 0 bridgehead atoms. The van der Waals surface area contributed by atoms with Crippen LogP contribution in [0.3, 0.4) is 0 Å². The van der Waals surface area contributed by atoms with Gasteiger partial charge in [-0.05, 0) is 110 Å². The van der Waals surface area contributed by atoms with Crippen molar-refractivity contribution in [3.05, 3.63) is 246 Å². The molecule has 0 aliphatic heterocycles. The Labute approximate surface area is 350 Å². The number of para-hydroxylation sites is 2. The van der Waals surface area contributed by atoms with E-state index in [0.29, 0.717) is 0 Å². The molecule has 0 saturated carbocycles. The van der Waals surface area contributed by atoms with Gasteiger partial charge in [0, 0.05) is 38.8 Å². The minimum absolute atomic E-state index is 0.130. The van der Waals surface area contributed by atoms with Crippen LogP contribution in [0.25, 0.3) is 55.3 Å². The molecule has 0 spiro atoms. The summed E-state index contributed by atoms with van der Waals surface area (Å²) in [6.07, 6.45) is 0. The minimum Gasteiger partial charge on any atom is -0.456 e. The molecule has 10 aromatic rings. The van der Waals surface area contributed by atoms with Gasteiger partial charge < -0.3 is 9.32 Å². The normalized spacial score (nSPS) is 14.1. The van der Waals surface area contributed by atoms with E-state index in [2.05, 4.69) is 231 Å². The van der Waals surface area contributed by atoms with Gasteiger partial charge in [0.1, 0.15) is 11.2 Å².